The Bertz CT molecular complexity index is 365. The summed E-state index contributed by atoms with van der Waals surface area (Å²) in [7, 11) is 0. The van der Waals surface area contributed by atoms with Crippen LogP contribution in [0.1, 0.15) is 51.4 Å². The second kappa shape index (κ2) is 6.52. The van der Waals surface area contributed by atoms with Crippen molar-refractivity contribution in [3.8, 4) is 0 Å². The Morgan fingerprint density at radius 2 is 2.17 bits per heavy atom. The molecule has 2 rings (SSSR count). The van der Waals surface area contributed by atoms with E-state index in [1.807, 2.05) is 11.8 Å². The molecule has 2 unspecified atom stereocenters. The third kappa shape index (κ3) is 3.23. The van der Waals surface area contributed by atoms with Crippen LogP contribution in [0.5, 0.6) is 0 Å². The van der Waals surface area contributed by atoms with E-state index >= 15 is 0 Å². The van der Waals surface area contributed by atoms with E-state index in [1.54, 1.807) is 0 Å². The zero-order chi connectivity index (χ0) is 13.0. The second-order valence-electron chi connectivity index (χ2n) is 5.20. The van der Waals surface area contributed by atoms with Crippen LogP contribution >= 0.6 is 11.8 Å². The molecule has 2 atom stereocenters. The van der Waals surface area contributed by atoms with Crippen LogP contribution in [0.3, 0.4) is 0 Å². The van der Waals surface area contributed by atoms with E-state index < -0.39 is 0 Å². The van der Waals surface area contributed by atoms with E-state index in [0.717, 1.165) is 12.4 Å². The van der Waals surface area contributed by atoms with Gasteiger partial charge in [-0.05, 0) is 29.5 Å². The highest BCUT2D eigenvalue weighted by Crippen LogP contribution is 2.35. The molecule has 0 saturated heterocycles. The maximum atomic E-state index is 4.22. The molecule has 1 aliphatic carbocycles. The molecule has 18 heavy (non-hydrogen) atoms. The number of hydrogen-bond donors (Lipinski definition) is 1. The monoisotopic (exact) mass is 269 g/mol. The Balaban J connectivity index is 2.09. The lowest BCUT2D eigenvalue weighted by atomic mass is 9.95. The Morgan fingerprint density at radius 3 is 2.89 bits per heavy atom. The molecule has 0 aliphatic heterocycles. The van der Waals surface area contributed by atoms with Crippen LogP contribution in [0, 0.1) is 0 Å². The van der Waals surface area contributed by atoms with Crippen molar-refractivity contribution >= 4 is 11.8 Å². The largest absolute Gasteiger partial charge is 0.308 e. The number of tetrazole rings is 1. The minimum atomic E-state index is 0.456. The summed E-state index contributed by atoms with van der Waals surface area (Å²) < 4.78 is 2.05. The number of rotatable bonds is 5. The molecule has 0 spiro atoms. The number of hydrogen-bond acceptors (Lipinski definition) is 5. The molecule has 1 aromatic heterocycles. The summed E-state index contributed by atoms with van der Waals surface area (Å²) in [5.74, 6) is 0.967. The summed E-state index contributed by atoms with van der Waals surface area (Å²) in [6.45, 7) is 5.03. The lowest BCUT2D eigenvalue weighted by Gasteiger charge is -2.30. The molecule has 0 radical (unpaired) electrons. The smallest absolute Gasteiger partial charge is 0.165 e. The maximum absolute atomic E-state index is 4.22. The van der Waals surface area contributed by atoms with Gasteiger partial charge in [-0.3, -0.25) is 0 Å². The summed E-state index contributed by atoms with van der Waals surface area (Å²) in [5.41, 5.74) is 0. The first kappa shape index (κ1) is 13.8. The summed E-state index contributed by atoms with van der Waals surface area (Å²) in [4.78, 5) is 0. The van der Waals surface area contributed by atoms with Crippen molar-refractivity contribution in [3.63, 3.8) is 0 Å². The number of nitrogens with one attached hydrogen (secondary N) is 1. The van der Waals surface area contributed by atoms with Gasteiger partial charge in [-0.2, -0.15) is 11.8 Å². The molecule has 5 nitrogen and oxygen atoms in total. The molecule has 1 N–H and O–H groups in total. The topological polar surface area (TPSA) is 55.6 Å². The van der Waals surface area contributed by atoms with E-state index in [4.69, 9.17) is 0 Å². The van der Waals surface area contributed by atoms with E-state index in [0.29, 0.717) is 17.3 Å². The fraction of sp³-hybridized carbons (Fsp3) is 0.917. The molecule has 1 heterocycles. The van der Waals surface area contributed by atoms with Crippen LogP contribution in [-0.4, -0.2) is 37.8 Å². The average Bonchev–Trinajstić information content (AvgIpc) is 2.84. The van der Waals surface area contributed by atoms with E-state index in [2.05, 4.69) is 45.6 Å². The number of nitrogens with zero attached hydrogens (tertiary/aromatic N) is 4. The summed E-state index contributed by atoms with van der Waals surface area (Å²) in [6, 6.07) is 0.922. The minimum Gasteiger partial charge on any atom is -0.308 e. The highest BCUT2D eigenvalue weighted by molar-refractivity contribution is 7.99. The minimum absolute atomic E-state index is 0.456. The van der Waals surface area contributed by atoms with Crippen molar-refractivity contribution in [1.82, 2.24) is 25.5 Å². The molecule has 1 aromatic rings. The molecule has 0 bridgehead atoms. The van der Waals surface area contributed by atoms with E-state index in [1.165, 1.54) is 25.7 Å². The zero-order valence-corrected chi connectivity index (χ0v) is 12.3. The van der Waals surface area contributed by atoms with Crippen molar-refractivity contribution in [3.05, 3.63) is 5.82 Å². The van der Waals surface area contributed by atoms with Crippen molar-refractivity contribution < 1.29 is 0 Å². The van der Waals surface area contributed by atoms with E-state index in [9.17, 15) is 0 Å². The van der Waals surface area contributed by atoms with Crippen LogP contribution in [-0.2, 0) is 6.54 Å². The fourth-order valence-corrected chi connectivity index (χ4v) is 3.48. The average molecular weight is 269 g/mol. The Labute approximate surface area is 113 Å². The van der Waals surface area contributed by atoms with Gasteiger partial charge in [0.05, 0.1) is 12.6 Å². The highest BCUT2D eigenvalue weighted by atomic mass is 32.2. The Hall–Kier alpha value is -0.620. The summed E-state index contributed by atoms with van der Waals surface area (Å²) >= 11 is 1.95. The molecular weight excluding hydrogens is 246 g/mol. The van der Waals surface area contributed by atoms with Crippen LogP contribution in [0.2, 0.25) is 0 Å². The highest BCUT2D eigenvalue weighted by Gasteiger charge is 2.28. The first-order chi connectivity index (χ1) is 8.72. The number of aromatic nitrogens is 4. The molecule has 1 saturated carbocycles. The molecule has 0 amide bonds. The zero-order valence-electron chi connectivity index (χ0n) is 11.5. The van der Waals surface area contributed by atoms with Gasteiger partial charge >= 0.3 is 0 Å². The quantitative estimate of drug-likeness (QED) is 0.886. The SMILES string of the molecule is CSC1CCCCC1n1nnnc1CNC(C)C. The first-order valence-corrected chi connectivity index (χ1v) is 8.04. The van der Waals surface area contributed by atoms with Gasteiger partial charge in [-0.25, -0.2) is 4.68 Å². The van der Waals surface area contributed by atoms with Crippen LogP contribution < -0.4 is 5.32 Å². The van der Waals surface area contributed by atoms with Gasteiger partial charge in [0.25, 0.3) is 0 Å². The van der Waals surface area contributed by atoms with Gasteiger partial charge in [0, 0.05) is 11.3 Å². The van der Waals surface area contributed by atoms with Crippen LogP contribution in [0.15, 0.2) is 0 Å². The Kier molecular flexibility index (Phi) is 5.00. The summed E-state index contributed by atoms with van der Waals surface area (Å²) in [6.07, 6.45) is 7.30. The fourth-order valence-electron chi connectivity index (χ4n) is 2.51. The lowest BCUT2D eigenvalue weighted by Crippen LogP contribution is -2.30. The van der Waals surface area contributed by atoms with Gasteiger partial charge in [-0.15, -0.1) is 5.10 Å². The predicted octanol–water partition coefficient (Wildman–Crippen LogP) is 2.02. The van der Waals surface area contributed by atoms with E-state index in [-0.39, 0.29) is 0 Å². The normalized spacial score (nSPS) is 24.7. The molecule has 102 valence electrons. The van der Waals surface area contributed by atoms with Crippen LogP contribution in [0.25, 0.3) is 0 Å². The van der Waals surface area contributed by atoms with Gasteiger partial charge < -0.3 is 5.32 Å². The first-order valence-electron chi connectivity index (χ1n) is 6.75. The Morgan fingerprint density at radius 1 is 1.39 bits per heavy atom. The molecule has 6 heteroatoms. The van der Waals surface area contributed by atoms with Gasteiger partial charge in [0.1, 0.15) is 0 Å². The van der Waals surface area contributed by atoms with Gasteiger partial charge in [0.2, 0.25) is 0 Å². The molecule has 1 fully saturated rings. The third-order valence-electron chi connectivity index (χ3n) is 3.51. The van der Waals surface area contributed by atoms with Crippen molar-refractivity contribution in [1.29, 1.82) is 0 Å². The molecular formula is C12H23N5S. The van der Waals surface area contributed by atoms with Gasteiger partial charge in [0.15, 0.2) is 5.82 Å². The maximum Gasteiger partial charge on any atom is 0.165 e. The van der Waals surface area contributed by atoms with Crippen LogP contribution in [0.4, 0.5) is 0 Å². The van der Waals surface area contributed by atoms with Crippen molar-refractivity contribution in [2.45, 2.75) is 63.4 Å². The standard InChI is InChI=1S/C12H23N5S/c1-9(2)13-8-12-14-15-16-17(12)10-6-4-5-7-11(10)18-3/h9-11,13H,4-8H2,1-3H3. The lowest BCUT2D eigenvalue weighted by molar-refractivity contribution is 0.324. The molecule has 1 aliphatic rings. The van der Waals surface area contributed by atoms with Crippen molar-refractivity contribution in [2.75, 3.05) is 6.26 Å². The number of thioether (sulfide) groups is 1. The van der Waals surface area contributed by atoms with Gasteiger partial charge in [-0.1, -0.05) is 26.7 Å². The predicted molar refractivity (Wildman–Crippen MR) is 74.6 cm³/mol. The second-order valence-corrected chi connectivity index (χ2v) is 6.28. The van der Waals surface area contributed by atoms with Crippen molar-refractivity contribution in [2.24, 2.45) is 0 Å². The summed E-state index contributed by atoms with van der Waals surface area (Å²) in [5, 5.41) is 16.3. The third-order valence-corrected chi connectivity index (χ3v) is 4.67. The molecule has 0 aromatic carbocycles.